The van der Waals surface area contributed by atoms with Gasteiger partial charge in [-0.1, -0.05) is 18.2 Å². The quantitative estimate of drug-likeness (QED) is 0.646. The Morgan fingerprint density at radius 1 is 1.10 bits per heavy atom. The SMILES string of the molecule is COc1cccc2ccc(CN3C4CCC3c3cnc(N5CCOCC5)nc3C4)nc12. The number of ether oxygens (including phenoxy) is 2. The number of para-hydroxylation sites is 1. The van der Waals surface area contributed by atoms with Crippen molar-refractivity contribution < 1.29 is 9.47 Å². The standard InChI is InChI=1S/C24H27N5O2/c1-30-22-4-2-3-16-5-6-17(26-23(16)22)15-29-18-7-8-21(29)19-14-25-24(27-20(19)13-18)28-9-11-31-12-10-28/h2-6,14,18,21H,7-13,15H2,1H3. The normalized spacial score (nSPS) is 23.2. The summed E-state index contributed by atoms with van der Waals surface area (Å²) >= 11 is 0. The summed E-state index contributed by atoms with van der Waals surface area (Å²) in [5.74, 6) is 1.69. The number of pyridine rings is 1. The third-order valence-electron chi connectivity index (χ3n) is 6.92. The highest BCUT2D eigenvalue weighted by molar-refractivity contribution is 5.84. The second-order valence-electron chi connectivity index (χ2n) is 8.63. The first-order valence-corrected chi connectivity index (χ1v) is 11.2. The van der Waals surface area contributed by atoms with Crippen LogP contribution in [0.1, 0.15) is 35.8 Å². The molecule has 3 aliphatic rings. The lowest BCUT2D eigenvalue weighted by Crippen LogP contribution is -2.40. The molecule has 6 rings (SSSR count). The van der Waals surface area contributed by atoms with Gasteiger partial charge in [0.1, 0.15) is 11.3 Å². The number of aromatic nitrogens is 3. The van der Waals surface area contributed by atoms with Crippen LogP contribution < -0.4 is 9.64 Å². The van der Waals surface area contributed by atoms with E-state index in [2.05, 4.69) is 34.2 Å². The molecule has 0 spiro atoms. The fraction of sp³-hybridized carbons (Fsp3) is 0.458. The number of morpholine rings is 1. The first-order chi connectivity index (χ1) is 15.3. The lowest BCUT2D eigenvalue weighted by Gasteiger charge is -2.36. The summed E-state index contributed by atoms with van der Waals surface area (Å²) in [6.45, 7) is 4.09. The van der Waals surface area contributed by atoms with Crippen LogP contribution in [0.15, 0.2) is 36.5 Å². The summed E-state index contributed by atoms with van der Waals surface area (Å²) in [6, 6.07) is 11.3. The molecule has 3 aliphatic heterocycles. The van der Waals surface area contributed by atoms with Crippen LogP contribution in [0, 0.1) is 0 Å². The largest absolute Gasteiger partial charge is 0.494 e. The van der Waals surface area contributed by atoms with E-state index >= 15 is 0 Å². The molecule has 2 fully saturated rings. The van der Waals surface area contributed by atoms with E-state index in [1.807, 2.05) is 12.1 Å². The number of fused-ring (bicyclic) bond motifs is 5. The molecule has 0 saturated carbocycles. The minimum Gasteiger partial charge on any atom is -0.494 e. The van der Waals surface area contributed by atoms with Crippen molar-refractivity contribution in [2.45, 2.75) is 37.9 Å². The van der Waals surface area contributed by atoms with E-state index in [0.717, 1.165) is 74.0 Å². The average molecular weight is 418 g/mol. The van der Waals surface area contributed by atoms with Crippen molar-refractivity contribution in [3.05, 3.63) is 53.5 Å². The minimum absolute atomic E-state index is 0.377. The second-order valence-corrected chi connectivity index (χ2v) is 8.63. The van der Waals surface area contributed by atoms with E-state index in [4.69, 9.17) is 24.4 Å². The van der Waals surface area contributed by atoms with Crippen LogP contribution in [0.5, 0.6) is 5.75 Å². The topological polar surface area (TPSA) is 63.6 Å². The fourth-order valence-electron chi connectivity index (χ4n) is 5.33. The Hall–Kier alpha value is -2.77. The molecule has 2 aromatic heterocycles. The Balaban J connectivity index is 1.27. The molecule has 2 bridgehead atoms. The van der Waals surface area contributed by atoms with Crippen LogP contribution in [0.2, 0.25) is 0 Å². The summed E-state index contributed by atoms with van der Waals surface area (Å²) in [4.78, 5) is 19.5. The van der Waals surface area contributed by atoms with Gasteiger partial charge in [-0.15, -0.1) is 0 Å². The van der Waals surface area contributed by atoms with Crippen LogP contribution in [-0.2, 0) is 17.7 Å². The fourth-order valence-corrected chi connectivity index (χ4v) is 5.33. The molecule has 0 aliphatic carbocycles. The monoisotopic (exact) mass is 417 g/mol. The third-order valence-corrected chi connectivity index (χ3v) is 6.92. The highest BCUT2D eigenvalue weighted by Gasteiger charge is 2.41. The number of hydrogen-bond donors (Lipinski definition) is 0. The summed E-state index contributed by atoms with van der Waals surface area (Å²) in [5, 5.41) is 1.11. The number of methoxy groups -OCH3 is 1. The number of benzene rings is 1. The lowest BCUT2D eigenvalue weighted by molar-refractivity contribution is 0.122. The van der Waals surface area contributed by atoms with Gasteiger partial charge in [-0.3, -0.25) is 4.90 Å². The molecule has 0 amide bonds. The van der Waals surface area contributed by atoms with E-state index in [-0.39, 0.29) is 0 Å². The van der Waals surface area contributed by atoms with Gasteiger partial charge in [0, 0.05) is 55.3 Å². The maximum Gasteiger partial charge on any atom is 0.225 e. The molecular formula is C24H27N5O2. The number of rotatable bonds is 4. The van der Waals surface area contributed by atoms with Crippen LogP contribution in [0.3, 0.4) is 0 Å². The number of anilines is 1. The molecule has 2 saturated heterocycles. The Bertz CT molecular complexity index is 1110. The van der Waals surface area contributed by atoms with E-state index in [9.17, 15) is 0 Å². The van der Waals surface area contributed by atoms with Gasteiger partial charge in [-0.25, -0.2) is 15.0 Å². The van der Waals surface area contributed by atoms with Crippen molar-refractivity contribution in [3.8, 4) is 5.75 Å². The Morgan fingerprint density at radius 2 is 2.00 bits per heavy atom. The third kappa shape index (κ3) is 3.32. The minimum atomic E-state index is 0.377. The number of hydrogen-bond acceptors (Lipinski definition) is 7. The molecule has 0 N–H and O–H groups in total. The predicted octanol–water partition coefficient (Wildman–Crippen LogP) is 3.13. The average Bonchev–Trinajstić information content (AvgIpc) is 3.10. The molecule has 7 nitrogen and oxygen atoms in total. The van der Waals surface area contributed by atoms with Crippen molar-refractivity contribution in [1.82, 2.24) is 19.9 Å². The number of nitrogens with zero attached hydrogens (tertiary/aromatic N) is 5. The molecule has 2 unspecified atom stereocenters. The Morgan fingerprint density at radius 3 is 2.87 bits per heavy atom. The maximum absolute atomic E-state index is 5.53. The molecule has 1 aromatic carbocycles. The molecule has 160 valence electrons. The molecular weight excluding hydrogens is 390 g/mol. The Kier molecular flexibility index (Phi) is 4.73. The van der Waals surface area contributed by atoms with E-state index in [0.29, 0.717) is 12.1 Å². The van der Waals surface area contributed by atoms with E-state index < -0.39 is 0 Å². The van der Waals surface area contributed by atoms with Crippen LogP contribution >= 0.6 is 0 Å². The molecule has 0 radical (unpaired) electrons. The van der Waals surface area contributed by atoms with Crippen molar-refractivity contribution >= 4 is 16.9 Å². The summed E-state index contributed by atoms with van der Waals surface area (Å²) in [6.07, 6.45) is 5.42. The van der Waals surface area contributed by atoms with Gasteiger partial charge >= 0.3 is 0 Å². The predicted molar refractivity (Wildman–Crippen MR) is 118 cm³/mol. The Labute approximate surface area is 182 Å². The summed E-state index contributed by atoms with van der Waals surface area (Å²) in [7, 11) is 1.70. The van der Waals surface area contributed by atoms with E-state index in [1.165, 1.54) is 17.7 Å². The van der Waals surface area contributed by atoms with Gasteiger partial charge in [-0.05, 0) is 25.0 Å². The second kappa shape index (κ2) is 7.73. The van der Waals surface area contributed by atoms with Gasteiger partial charge in [0.15, 0.2) is 0 Å². The van der Waals surface area contributed by atoms with Gasteiger partial charge in [0.25, 0.3) is 0 Å². The summed E-state index contributed by atoms with van der Waals surface area (Å²) in [5.41, 5.74) is 4.55. The van der Waals surface area contributed by atoms with Gasteiger partial charge in [0.2, 0.25) is 5.95 Å². The first kappa shape index (κ1) is 19.0. The highest BCUT2D eigenvalue weighted by atomic mass is 16.5. The molecule has 2 atom stereocenters. The van der Waals surface area contributed by atoms with Crippen molar-refractivity contribution in [2.24, 2.45) is 0 Å². The van der Waals surface area contributed by atoms with Gasteiger partial charge in [-0.2, -0.15) is 0 Å². The van der Waals surface area contributed by atoms with Crippen molar-refractivity contribution in [1.29, 1.82) is 0 Å². The van der Waals surface area contributed by atoms with Crippen LogP contribution in [0.4, 0.5) is 5.95 Å². The molecule has 31 heavy (non-hydrogen) atoms. The smallest absolute Gasteiger partial charge is 0.225 e. The van der Waals surface area contributed by atoms with Crippen LogP contribution in [-0.4, -0.2) is 59.3 Å². The highest BCUT2D eigenvalue weighted by Crippen LogP contribution is 2.44. The van der Waals surface area contributed by atoms with E-state index in [1.54, 1.807) is 7.11 Å². The lowest BCUT2D eigenvalue weighted by atomic mass is 9.99. The first-order valence-electron chi connectivity index (χ1n) is 11.2. The maximum atomic E-state index is 5.53. The van der Waals surface area contributed by atoms with Crippen molar-refractivity contribution in [2.75, 3.05) is 38.3 Å². The van der Waals surface area contributed by atoms with Crippen molar-refractivity contribution in [3.63, 3.8) is 0 Å². The zero-order chi connectivity index (χ0) is 20.8. The van der Waals surface area contributed by atoms with Gasteiger partial charge < -0.3 is 14.4 Å². The molecule has 5 heterocycles. The molecule has 7 heteroatoms. The zero-order valence-electron chi connectivity index (χ0n) is 17.8. The summed E-state index contributed by atoms with van der Waals surface area (Å²) < 4.78 is 11.0. The molecule has 3 aromatic rings. The van der Waals surface area contributed by atoms with Gasteiger partial charge in [0.05, 0.1) is 31.7 Å². The van der Waals surface area contributed by atoms with Crippen LogP contribution in [0.25, 0.3) is 10.9 Å². The zero-order valence-corrected chi connectivity index (χ0v) is 17.8.